The summed E-state index contributed by atoms with van der Waals surface area (Å²) in [6, 6.07) is 14.8. The van der Waals surface area contributed by atoms with Crippen molar-refractivity contribution in [1.29, 1.82) is 0 Å². The SMILES string of the molecule is CC(C)C(=O)OCc1cccc(CC(C)c2ccc3nn(C)cc3c2)c1. The standard InChI is InChI=1S/C22H26N2O2/c1-15(2)22(25)26-14-18-7-5-6-17(11-18)10-16(3)19-8-9-21-20(12-19)13-24(4)23-21/h5-9,11-13,15-16H,10,14H2,1-4H3. The van der Waals surface area contributed by atoms with E-state index in [0.29, 0.717) is 12.5 Å². The summed E-state index contributed by atoms with van der Waals surface area (Å²) >= 11 is 0. The molecule has 4 nitrogen and oxygen atoms in total. The molecule has 0 N–H and O–H groups in total. The van der Waals surface area contributed by atoms with E-state index in [1.807, 2.05) is 37.7 Å². The molecule has 2 aromatic carbocycles. The maximum absolute atomic E-state index is 11.6. The molecule has 4 heteroatoms. The van der Waals surface area contributed by atoms with Crippen LogP contribution in [0.1, 0.15) is 43.4 Å². The minimum absolute atomic E-state index is 0.0967. The van der Waals surface area contributed by atoms with Crippen LogP contribution in [0.5, 0.6) is 0 Å². The minimum Gasteiger partial charge on any atom is -0.461 e. The molecule has 0 fully saturated rings. The van der Waals surface area contributed by atoms with Gasteiger partial charge in [0.2, 0.25) is 0 Å². The van der Waals surface area contributed by atoms with E-state index in [4.69, 9.17) is 4.74 Å². The summed E-state index contributed by atoms with van der Waals surface area (Å²) in [6.07, 6.45) is 2.99. The Hall–Kier alpha value is -2.62. The first kappa shape index (κ1) is 18.2. The van der Waals surface area contributed by atoms with Crippen LogP contribution in [-0.2, 0) is 29.6 Å². The Bertz CT molecular complexity index is 911. The Kier molecular flexibility index (Phi) is 5.40. The Balaban J connectivity index is 1.69. The van der Waals surface area contributed by atoms with Crippen molar-refractivity contribution in [2.45, 2.75) is 39.7 Å². The van der Waals surface area contributed by atoms with E-state index in [9.17, 15) is 4.79 Å². The van der Waals surface area contributed by atoms with Crippen molar-refractivity contribution in [3.05, 3.63) is 65.4 Å². The fourth-order valence-corrected chi connectivity index (χ4v) is 3.11. The molecule has 0 bridgehead atoms. The molecule has 136 valence electrons. The monoisotopic (exact) mass is 350 g/mol. The van der Waals surface area contributed by atoms with Gasteiger partial charge in [0.15, 0.2) is 0 Å². The fraction of sp³-hybridized carbons (Fsp3) is 0.364. The Morgan fingerprint density at radius 3 is 2.65 bits per heavy atom. The molecule has 0 amide bonds. The predicted octanol–water partition coefficient (Wildman–Crippen LogP) is 4.62. The van der Waals surface area contributed by atoms with Crippen LogP contribution in [-0.4, -0.2) is 15.7 Å². The molecule has 0 aliphatic heterocycles. The lowest BCUT2D eigenvalue weighted by molar-refractivity contribution is -0.148. The lowest BCUT2D eigenvalue weighted by Crippen LogP contribution is -2.11. The van der Waals surface area contributed by atoms with Crippen LogP contribution in [0, 0.1) is 5.92 Å². The number of esters is 1. The number of benzene rings is 2. The van der Waals surface area contributed by atoms with Crippen LogP contribution >= 0.6 is 0 Å². The maximum Gasteiger partial charge on any atom is 0.308 e. The third-order valence-corrected chi connectivity index (χ3v) is 4.60. The number of carbonyl (C=O) groups is 1. The summed E-state index contributed by atoms with van der Waals surface area (Å²) in [5, 5.41) is 5.60. The van der Waals surface area contributed by atoms with Gasteiger partial charge in [0.05, 0.1) is 11.4 Å². The van der Waals surface area contributed by atoms with Crippen molar-refractivity contribution in [3.63, 3.8) is 0 Å². The van der Waals surface area contributed by atoms with Gasteiger partial charge in [-0.05, 0) is 41.2 Å². The Morgan fingerprint density at radius 1 is 1.12 bits per heavy atom. The van der Waals surface area contributed by atoms with E-state index < -0.39 is 0 Å². The van der Waals surface area contributed by atoms with Gasteiger partial charge in [-0.15, -0.1) is 0 Å². The van der Waals surface area contributed by atoms with E-state index in [0.717, 1.165) is 17.5 Å². The first-order valence-electron chi connectivity index (χ1n) is 9.10. The summed E-state index contributed by atoms with van der Waals surface area (Å²) in [5.41, 5.74) is 4.62. The number of aryl methyl sites for hydroxylation is 1. The lowest BCUT2D eigenvalue weighted by atomic mass is 9.92. The van der Waals surface area contributed by atoms with Crippen LogP contribution < -0.4 is 0 Å². The number of ether oxygens (including phenoxy) is 1. The fourth-order valence-electron chi connectivity index (χ4n) is 3.11. The minimum atomic E-state index is -0.159. The van der Waals surface area contributed by atoms with E-state index in [-0.39, 0.29) is 11.9 Å². The van der Waals surface area contributed by atoms with Gasteiger partial charge >= 0.3 is 5.97 Å². The molecular formula is C22H26N2O2. The summed E-state index contributed by atoms with van der Waals surface area (Å²) in [6.45, 7) is 6.27. The van der Waals surface area contributed by atoms with Gasteiger partial charge in [-0.3, -0.25) is 9.48 Å². The maximum atomic E-state index is 11.6. The smallest absolute Gasteiger partial charge is 0.308 e. The van der Waals surface area contributed by atoms with Crippen molar-refractivity contribution in [3.8, 4) is 0 Å². The first-order valence-corrected chi connectivity index (χ1v) is 9.10. The van der Waals surface area contributed by atoms with Crippen LogP contribution in [0.25, 0.3) is 10.9 Å². The molecule has 0 aliphatic rings. The van der Waals surface area contributed by atoms with Crippen molar-refractivity contribution in [2.75, 3.05) is 0 Å². The molecular weight excluding hydrogens is 324 g/mol. The van der Waals surface area contributed by atoms with Gasteiger partial charge in [-0.1, -0.05) is 51.1 Å². The van der Waals surface area contributed by atoms with E-state index in [1.54, 1.807) is 0 Å². The Morgan fingerprint density at radius 2 is 1.88 bits per heavy atom. The molecule has 1 aromatic heterocycles. The second kappa shape index (κ2) is 7.73. The molecule has 26 heavy (non-hydrogen) atoms. The molecule has 0 saturated heterocycles. The molecule has 0 aliphatic carbocycles. The summed E-state index contributed by atoms with van der Waals surface area (Å²) in [5.74, 6) is 0.141. The van der Waals surface area contributed by atoms with Crippen LogP contribution in [0.15, 0.2) is 48.7 Å². The second-order valence-electron chi connectivity index (χ2n) is 7.31. The average molecular weight is 350 g/mol. The molecule has 3 aromatic rings. The van der Waals surface area contributed by atoms with Gasteiger partial charge in [0.1, 0.15) is 6.61 Å². The van der Waals surface area contributed by atoms with E-state index in [2.05, 4.69) is 48.6 Å². The normalized spacial score (nSPS) is 12.5. The molecule has 0 spiro atoms. The topological polar surface area (TPSA) is 44.1 Å². The van der Waals surface area contributed by atoms with Crippen molar-refractivity contribution < 1.29 is 9.53 Å². The highest BCUT2D eigenvalue weighted by molar-refractivity contribution is 5.78. The van der Waals surface area contributed by atoms with Gasteiger partial charge in [0, 0.05) is 18.6 Å². The van der Waals surface area contributed by atoms with Crippen molar-refractivity contribution in [2.24, 2.45) is 13.0 Å². The average Bonchev–Trinajstić information content (AvgIpc) is 2.98. The first-order chi connectivity index (χ1) is 12.4. The predicted molar refractivity (Wildman–Crippen MR) is 104 cm³/mol. The number of aromatic nitrogens is 2. The molecule has 0 radical (unpaired) electrons. The van der Waals surface area contributed by atoms with Crippen molar-refractivity contribution >= 4 is 16.9 Å². The number of carbonyl (C=O) groups excluding carboxylic acids is 1. The third-order valence-electron chi connectivity index (χ3n) is 4.60. The molecule has 1 unspecified atom stereocenters. The highest BCUT2D eigenvalue weighted by Gasteiger charge is 2.11. The lowest BCUT2D eigenvalue weighted by Gasteiger charge is -2.13. The quantitative estimate of drug-likeness (QED) is 0.609. The van der Waals surface area contributed by atoms with E-state index in [1.165, 1.54) is 16.5 Å². The summed E-state index contributed by atoms with van der Waals surface area (Å²) in [7, 11) is 1.95. The zero-order valence-electron chi connectivity index (χ0n) is 15.9. The van der Waals surface area contributed by atoms with Crippen molar-refractivity contribution in [1.82, 2.24) is 9.78 Å². The second-order valence-corrected chi connectivity index (χ2v) is 7.31. The number of hydrogen-bond acceptors (Lipinski definition) is 3. The largest absolute Gasteiger partial charge is 0.461 e. The highest BCUT2D eigenvalue weighted by atomic mass is 16.5. The molecule has 0 saturated carbocycles. The number of hydrogen-bond donors (Lipinski definition) is 0. The van der Waals surface area contributed by atoms with E-state index >= 15 is 0 Å². The number of rotatable bonds is 6. The van der Waals surface area contributed by atoms with Gasteiger partial charge in [-0.25, -0.2) is 0 Å². The summed E-state index contributed by atoms with van der Waals surface area (Å²) in [4.78, 5) is 11.6. The highest BCUT2D eigenvalue weighted by Crippen LogP contribution is 2.24. The zero-order valence-corrected chi connectivity index (χ0v) is 15.9. The van der Waals surface area contributed by atoms with Crippen LogP contribution in [0.2, 0.25) is 0 Å². The van der Waals surface area contributed by atoms with Gasteiger partial charge < -0.3 is 4.74 Å². The Labute approximate surface area is 154 Å². The van der Waals surface area contributed by atoms with Gasteiger partial charge in [-0.2, -0.15) is 5.10 Å². The molecule has 1 atom stereocenters. The molecule has 1 heterocycles. The molecule has 3 rings (SSSR count). The number of fused-ring (bicyclic) bond motifs is 1. The third kappa shape index (κ3) is 4.31. The van der Waals surface area contributed by atoms with Crippen LogP contribution in [0.4, 0.5) is 0 Å². The van der Waals surface area contributed by atoms with Crippen LogP contribution in [0.3, 0.4) is 0 Å². The summed E-state index contributed by atoms with van der Waals surface area (Å²) < 4.78 is 7.18. The number of nitrogens with zero attached hydrogens (tertiary/aromatic N) is 2. The van der Waals surface area contributed by atoms with Gasteiger partial charge in [0.25, 0.3) is 0 Å². The zero-order chi connectivity index (χ0) is 18.7.